The van der Waals surface area contributed by atoms with Crippen molar-refractivity contribution in [1.29, 1.82) is 5.26 Å². The van der Waals surface area contributed by atoms with E-state index in [-0.39, 0.29) is 22.7 Å². The van der Waals surface area contributed by atoms with E-state index in [4.69, 9.17) is 46.5 Å². The van der Waals surface area contributed by atoms with Crippen LogP contribution in [-0.4, -0.2) is 28.6 Å². The maximum Gasteiger partial charge on any atom is 0.257 e. The molecular formula is C23H15Cl3F2N4O3. The fraction of sp³-hybridized carbons (Fsp3) is 0.217. The molecule has 35 heavy (non-hydrogen) atoms. The summed E-state index contributed by atoms with van der Waals surface area (Å²) in [6, 6.07) is 7.41. The van der Waals surface area contributed by atoms with Gasteiger partial charge in [-0.3, -0.25) is 19.3 Å². The van der Waals surface area contributed by atoms with Crippen LogP contribution in [0.15, 0.2) is 30.3 Å². The number of benzene rings is 2. The lowest BCUT2D eigenvalue weighted by Gasteiger charge is -2.22. The maximum absolute atomic E-state index is 15.2. The van der Waals surface area contributed by atoms with Crippen LogP contribution >= 0.6 is 34.8 Å². The molecule has 3 rings (SSSR count). The Balaban J connectivity index is 1.87. The van der Waals surface area contributed by atoms with E-state index >= 15 is 4.39 Å². The number of nitrogens with zero attached hydrogens (tertiary/aromatic N) is 2. The van der Waals surface area contributed by atoms with Gasteiger partial charge in [0.2, 0.25) is 11.8 Å². The first-order valence-electron chi connectivity index (χ1n) is 9.88. The molecule has 0 saturated heterocycles. The largest absolute Gasteiger partial charge is 0.326 e. The maximum atomic E-state index is 15.2. The van der Waals surface area contributed by atoms with Crippen LogP contribution in [0.2, 0.25) is 5.02 Å². The van der Waals surface area contributed by atoms with Crippen LogP contribution in [0.4, 0.5) is 25.8 Å². The number of rotatable bonds is 7. The second kappa shape index (κ2) is 10.5. The van der Waals surface area contributed by atoms with Gasteiger partial charge in [-0.05, 0) is 36.8 Å². The molecule has 0 spiro atoms. The van der Waals surface area contributed by atoms with E-state index < -0.39 is 63.9 Å². The Hall–Kier alpha value is -3.37. The van der Waals surface area contributed by atoms with Crippen molar-refractivity contribution < 1.29 is 23.2 Å². The van der Waals surface area contributed by atoms with Crippen LogP contribution in [0.25, 0.3) is 0 Å². The molecule has 1 unspecified atom stereocenters. The number of hydrogen-bond donors (Lipinski definition) is 2. The Kier molecular flexibility index (Phi) is 7.86. The van der Waals surface area contributed by atoms with E-state index in [1.165, 1.54) is 18.2 Å². The van der Waals surface area contributed by atoms with Gasteiger partial charge in [-0.25, -0.2) is 8.78 Å². The summed E-state index contributed by atoms with van der Waals surface area (Å²) in [5.41, 5.74) is -1.21. The predicted octanol–water partition coefficient (Wildman–Crippen LogP) is 4.88. The summed E-state index contributed by atoms with van der Waals surface area (Å²) < 4.78 is 28.5. The Bertz CT molecular complexity index is 1300. The molecule has 1 saturated carbocycles. The van der Waals surface area contributed by atoms with Gasteiger partial charge >= 0.3 is 0 Å². The summed E-state index contributed by atoms with van der Waals surface area (Å²) in [5, 5.41) is 13.6. The lowest BCUT2D eigenvalue weighted by atomic mass is 10.1. The minimum atomic E-state index is -1.28. The zero-order valence-corrected chi connectivity index (χ0v) is 19.9. The van der Waals surface area contributed by atoms with Crippen molar-refractivity contribution in [3.63, 3.8) is 0 Å². The summed E-state index contributed by atoms with van der Waals surface area (Å²) in [6.07, 6.45) is 4.81. The van der Waals surface area contributed by atoms with E-state index in [0.717, 1.165) is 12.1 Å². The van der Waals surface area contributed by atoms with Crippen molar-refractivity contribution in [2.45, 2.75) is 17.2 Å². The number of alkyl halides is 2. The highest BCUT2D eigenvalue weighted by Crippen LogP contribution is 2.53. The number of carbonyl (C=O) groups is 3. The molecule has 2 N–H and O–H groups in total. The third kappa shape index (κ3) is 5.83. The van der Waals surface area contributed by atoms with Crippen LogP contribution in [0.3, 0.4) is 0 Å². The van der Waals surface area contributed by atoms with E-state index in [1.54, 1.807) is 6.07 Å². The Morgan fingerprint density at radius 2 is 1.89 bits per heavy atom. The van der Waals surface area contributed by atoms with Crippen LogP contribution in [0, 0.1) is 41.2 Å². The zero-order valence-electron chi connectivity index (χ0n) is 17.7. The minimum Gasteiger partial charge on any atom is -0.326 e. The third-order valence-electron chi connectivity index (χ3n) is 4.99. The molecule has 12 heteroatoms. The second-order valence-corrected chi connectivity index (χ2v) is 9.38. The first kappa shape index (κ1) is 26.2. The Morgan fingerprint density at radius 3 is 2.49 bits per heavy atom. The molecule has 1 aliphatic carbocycles. The number of nitrogens with one attached hydrogen (secondary N) is 2. The van der Waals surface area contributed by atoms with E-state index in [1.807, 2.05) is 0 Å². The Labute approximate surface area is 213 Å². The number of nitriles is 1. The lowest BCUT2D eigenvalue weighted by molar-refractivity contribution is -0.118. The summed E-state index contributed by atoms with van der Waals surface area (Å²) in [6.45, 7) is -0.508. The molecule has 0 bridgehead atoms. The fourth-order valence-electron chi connectivity index (χ4n) is 3.13. The van der Waals surface area contributed by atoms with Crippen molar-refractivity contribution in [2.24, 2.45) is 5.92 Å². The highest BCUT2D eigenvalue weighted by Gasteiger charge is 2.56. The molecule has 1 aliphatic rings. The smallest absolute Gasteiger partial charge is 0.257 e. The van der Waals surface area contributed by atoms with E-state index in [9.17, 15) is 18.8 Å². The molecule has 2 aromatic rings. The fourth-order valence-corrected chi connectivity index (χ4v) is 3.84. The van der Waals surface area contributed by atoms with E-state index in [2.05, 4.69) is 16.6 Å². The molecule has 1 atom stereocenters. The number of hydrogen-bond acceptors (Lipinski definition) is 4. The minimum absolute atomic E-state index is 0.0168. The highest BCUT2D eigenvalue weighted by atomic mass is 35.5. The zero-order chi connectivity index (χ0) is 25.9. The van der Waals surface area contributed by atoms with Crippen molar-refractivity contribution in [3.05, 3.63) is 52.6 Å². The SMILES string of the molecule is C#CCN(C(=O)CC#N)c1c(F)ccc(NC(=O)c2cc(NC(=O)C3CC3(Cl)Cl)ccc2Cl)c1F. The van der Waals surface area contributed by atoms with Crippen LogP contribution < -0.4 is 15.5 Å². The standard InChI is InChI=1S/C23H15Cl3F2N4O3/c1-2-9-32(18(33)7-8-29)20-16(27)5-6-17(19(20)28)31-21(34)13-10-12(3-4-15(13)24)30-22(35)14-11-23(14,25)26/h1,3-6,10,14H,7,9,11H2,(H,30,35)(H,31,34). The van der Waals surface area contributed by atoms with Gasteiger partial charge < -0.3 is 10.6 Å². The molecule has 180 valence electrons. The van der Waals surface area contributed by atoms with Crippen LogP contribution in [0.5, 0.6) is 0 Å². The quantitative estimate of drug-likeness (QED) is 0.387. The van der Waals surface area contributed by atoms with Gasteiger partial charge in [-0.1, -0.05) is 17.5 Å². The molecule has 0 aliphatic heterocycles. The first-order valence-corrected chi connectivity index (χ1v) is 11.0. The highest BCUT2D eigenvalue weighted by molar-refractivity contribution is 6.52. The number of carbonyl (C=O) groups excluding carboxylic acids is 3. The lowest BCUT2D eigenvalue weighted by Crippen LogP contribution is -2.32. The number of halogens is 5. The average Bonchev–Trinajstić information content (AvgIpc) is 3.44. The second-order valence-electron chi connectivity index (χ2n) is 7.43. The molecule has 1 fully saturated rings. The molecule has 0 aromatic heterocycles. The van der Waals surface area contributed by atoms with Crippen LogP contribution in [-0.2, 0) is 9.59 Å². The summed E-state index contributed by atoms with van der Waals surface area (Å²) in [5.74, 6) is -3.18. The van der Waals surface area contributed by atoms with Gasteiger partial charge in [-0.15, -0.1) is 29.6 Å². The number of terminal acetylenes is 1. The van der Waals surface area contributed by atoms with Gasteiger partial charge in [0, 0.05) is 5.69 Å². The molecular weight excluding hydrogens is 525 g/mol. The van der Waals surface area contributed by atoms with Crippen molar-refractivity contribution in [3.8, 4) is 18.4 Å². The third-order valence-corrected chi connectivity index (χ3v) is 6.15. The average molecular weight is 540 g/mol. The monoisotopic (exact) mass is 538 g/mol. The summed E-state index contributed by atoms with van der Waals surface area (Å²) in [7, 11) is 0. The van der Waals surface area contributed by atoms with Crippen molar-refractivity contribution in [1.82, 2.24) is 0 Å². The van der Waals surface area contributed by atoms with Crippen LogP contribution in [0.1, 0.15) is 23.2 Å². The van der Waals surface area contributed by atoms with Gasteiger partial charge in [0.15, 0.2) is 5.82 Å². The topological polar surface area (TPSA) is 102 Å². The molecule has 0 heterocycles. The first-order chi connectivity index (χ1) is 16.5. The number of anilines is 3. The summed E-state index contributed by atoms with van der Waals surface area (Å²) in [4.78, 5) is 37.8. The molecule has 2 aromatic carbocycles. The van der Waals surface area contributed by atoms with Crippen molar-refractivity contribution in [2.75, 3.05) is 22.1 Å². The Morgan fingerprint density at radius 1 is 1.20 bits per heavy atom. The normalized spacial score (nSPS) is 15.3. The molecule has 3 amide bonds. The predicted molar refractivity (Wildman–Crippen MR) is 128 cm³/mol. The van der Waals surface area contributed by atoms with Crippen molar-refractivity contribution >= 4 is 69.6 Å². The van der Waals surface area contributed by atoms with E-state index in [0.29, 0.717) is 4.90 Å². The van der Waals surface area contributed by atoms with Gasteiger partial charge in [0.1, 0.15) is 22.3 Å². The van der Waals surface area contributed by atoms with Gasteiger partial charge in [0.05, 0.1) is 34.8 Å². The van der Waals surface area contributed by atoms with Gasteiger partial charge in [-0.2, -0.15) is 5.26 Å². The molecule has 7 nitrogen and oxygen atoms in total. The molecule has 0 radical (unpaired) electrons. The number of amides is 3. The summed E-state index contributed by atoms with van der Waals surface area (Å²) >= 11 is 17.9. The van der Waals surface area contributed by atoms with Gasteiger partial charge in [0.25, 0.3) is 5.91 Å².